The number of rotatable bonds is 9. The minimum Gasteiger partial charge on any atom is -0.494 e. The summed E-state index contributed by atoms with van der Waals surface area (Å²) in [5.74, 6) is 1.37. The molecule has 4 nitrogen and oxygen atoms in total. The van der Waals surface area contributed by atoms with Gasteiger partial charge in [-0.05, 0) is 60.0 Å². The Morgan fingerprint density at radius 1 is 0.852 bits per heavy atom. The van der Waals surface area contributed by atoms with E-state index in [0.717, 1.165) is 29.4 Å². The first-order valence-corrected chi connectivity index (χ1v) is 9.35. The Morgan fingerprint density at radius 3 is 2.41 bits per heavy atom. The van der Waals surface area contributed by atoms with Crippen LogP contribution in [0.5, 0.6) is 11.5 Å². The second kappa shape index (κ2) is 9.83. The lowest BCUT2D eigenvalue weighted by Gasteiger charge is -2.09. The van der Waals surface area contributed by atoms with E-state index in [0.29, 0.717) is 23.9 Å². The molecule has 0 aliphatic heterocycles. The van der Waals surface area contributed by atoms with Crippen LogP contribution in [0, 0.1) is 0 Å². The van der Waals surface area contributed by atoms with E-state index in [9.17, 15) is 4.79 Å². The van der Waals surface area contributed by atoms with Crippen LogP contribution < -0.4 is 14.8 Å². The Bertz CT molecular complexity index is 880. The summed E-state index contributed by atoms with van der Waals surface area (Å²) in [6.07, 6.45) is 1.70. The standard InChI is InChI=1S/C22H22ClNO3/c23-19-8-11-20(12-9-19)26-14-4-3-13-24-22(25)16-27-21-10-7-17-5-1-2-6-18(17)15-21/h1-2,5-12,15H,3-4,13-14,16H2,(H,24,25). The Labute approximate surface area is 164 Å². The van der Waals surface area contributed by atoms with Gasteiger partial charge in [-0.3, -0.25) is 4.79 Å². The number of hydrogen-bond acceptors (Lipinski definition) is 3. The average molecular weight is 384 g/mol. The van der Waals surface area contributed by atoms with Crippen molar-refractivity contribution >= 4 is 28.3 Å². The van der Waals surface area contributed by atoms with Crippen LogP contribution in [0.3, 0.4) is 0 Å². The number of halogens is 1. The average Bonchev–Trinajstić information content (AvgIpc) is 2.70. The van der Waals surface area contributed by atoms with Crippen molar-refractivity contribution in [1.29, 1.82) is 0 Å². The van der Waals surface area contributed by atoms with Gasteiger partial charge in [-0.2, -0.15) is 0 Å². The fourth-order valence-electron chi connectivity index (χ4n) is 2.63. The van der Waals surface area contributed by atoms with Gasteiger partial charge in [0.05, 0.1) is 6.61 Å². The lowest BCUT2D eigenvalue weighted by Crippen LogP contribution is -2.29. The van der Waals surface area contributed by atoms with Crippen molar-refractivity contribution in [2.75, 3.05) is 19.8 Å². The van der Waals surface area contributed by atoms with Crippen LogP contribution >= 0.6 is 11.6 Å². The molecule has 1 amide bonds. The topological polar surface area (TPSA) is 47.6 Å². The summed E-state index contributed by atoms with van der Waals surface area (Å²) in [4.78, 5) is 11.9. The molecule has 0 unspecified atom stereocenters. The molecule has 3 rings (SSSR count). The SMILES string of the molecule is O=C(COc1ccc2ccccc2c1)NCCCCOc1ccc(Cl)cc1. The molecule has 3 aromatic carbocycles. The van der Waals surface area contributed by atoms with Gasteiger partial charge in [0.15, 0.2) is 6.61 Å². The molecule has 3 aromatic rings. The van der Waals surface area contributed by atoms with Crippen LogP contribution in [-0.4, -0.2) is 25.7 Å². The van der Waals surface area contributed by atoms with E-state index in [4.69, 9.17) is 21.1 Å². The molecule has 27 heavy (non-hydrogen) atoms. The van der Waals surface area contributed by atoms with Crippen molar-refractivity contribution in [2.24, 2.45) is 0 Å². The molecule has 0 fully saturated rings. The molecule has 0 aliphatic carbocycles. The number of fused-ring (bicyclic) bond motifs is 1. The van der Waals surface area contributed by atoms with Crippen molar-refractivity contribution in [3.05, 3.63) is 71.8 Å². The van der Waals surface area contributed by atoms with Crippen LogP contribution in [0.4, 0.5) is 0 Å². The molecule has 140 valence electrons. The Morgan fingerprint density at radius 2 is 1.59 bits per heavy atom. The normalized spacial score (nSPS) is 10.6. The first-order chi connectivity index (χ1) is 13.2. The van der Waals surface area contributed by atoms with Crippen LogP contribution in [0.1, 0.15) is 12.8 Å². The molecule has 0 saturated heterocycles. The van der Waals surface area contributed by atoms with Crippen molar-refractivity contribution in [2.45, 2.75) is 12.8 Å². The van der Waals surface area contributed by atoms with Crippen LogP contribution in [0.25, 0.3) is 10.8 Å². The molecule has 0 spiro atoms. The quantitative estimate of drug-likeness (QED) is 0.537. The maximum absolute atomic E-state index is 11.9. The van der Waals surface area contributed by atoms with Crippen LogP contribution in [0.15, 0.2) is 66.7 Å². The highest BCUT2D eigenvalue weighted by Gasteiger charge is 2.03. The zero-order valence-corrected chi connectivity index (χ0v) is 15.7. The predicted octanol–water partition coefficient (Wildman–Crippen LogP) is 4.85. The number of carbonyl (C=O) groups excluding carboxylic acids is 1. The maximum Gasteiger partial charge on any atom is 0.257 e. The van der Waals surface area contributed by atoms with Gasteiger partial charge in [-0.15, -0.1) is 0 Å². The van der Waals surface area contributed by atoms with Crippen molar-refractivity contribution in [3.8, 4) is 11.5 Å². The van der Waals surface area contributed by atoms with Crippen molar-refractivity contribution in [3.63, 3.8) is 0 Å². The third kappa shape index (κ3) is 6.19. The number of unbranched alkanes of at least 4 members (excludes halogenated alkanes) is 1. The number of amides is 1. The number of nitrogens with one attached hydrogen (secondary N) is 1. The third-order valence-corrected chi connectivity index (χ3v) is 4.32. The lowest BCUT2D eigenvalue weighted by molar-refractivity contribution is -0.123. The number of ether oxygens (including phenoxy) is 2. The van der Waals surface area contributed by atoms with Gasteiger partial charge in [0, 0.05) is 11.6 Å². The first kappa shape index (κ1) is 19.1. The monoisotopic (exact) mass is 383 g/mol. The highest BCUT2D eigenvalue weighted by Crippen LogP contribution is 2.20. The van der Waals surface area contributed by atoms with Crippen LogP contribution in [0.2, 0.25) is 5.02 Å². The summed E-state index contributed by atoms with van der Waals surface area (Å²) in [5, 5.41) is 5.79. The summed E-state index contributed by atoms with van der Waals surface area (Å²) >= 11 is 5.83. The summed E-state index contributed by atoms with van der Waals surface area (Å²) in [5.41, 5.74) is 0. The minimum atomic E-state index is -0.123. The molecule has 0 aliphatic rings. The molecule has 1 N–H and O–H groups in total. The van der Waals surface area contributed by atoms with Gasteiger partial charge in [0.2, 0.25) is 0 Å². The molecular formula is C22H22ClNO3. The van der Waals surface area contributed by atoms with E-state index in [2.05, 4.69) is 5.32 Å². The Kier molecular flexibility index (Phi) is 6.94. The maximum atomic E-state index is 11.9. The smallest absolute Gasteiger partial charge is 0.257 e. The molecule has 0 saturated carbocycles. The molecule has 0 aromatic heterocycles. The van der Waals surface area contributed by atoms with Gasteiger partial charge >= 0.3 is 0 Å². The van der Waals surface area contributed by atoms with E-state index >= 15 is 0 Å². The van der Waals surface area contributed by atoms with E-state index in [-0.39, 0.29) is 12.5 Å². The van der Waals surface area contributed by atoms with Gasteiger partial charge in [-0.25, -0.2) is 0 Å². The highest BCUT2D eigenvalue weighted by atomic mass is 35.5. The van der Waals surface area contributed by atoms with Crippen molar-refractivity contribution in [1.82, 2.24) is 5.32 Å². The Balaban J connectivity index is 1.29. The van der Waals surface area contributed by atoms with E-state index in [1.54, 1.807) is 12.1 Å². The fourth-order valence-corrected chi connectivity index (χ4v) is 2.76. The second-order valence-electron chi connectivity index (χ2n) is 6.16. The number of benzene rings is 3. The largest absolute Gasteiger partial charge is 0.494 e. The van der Waals surface area contributed by atoms with Gasteiger partial charge in [0.1, 0.15) is 11.5 Å². The minimum absolute atomic E-state index is 0.0135. The highest BCUT2D eigenvalue weighted by molar-refractivity contribution is 6.30. The van der Waals surface area contributed by atoms with Crippen LogP contribution in [-0.2, 0) is 4.79 Å². The lowest BCUT2D eigenvalue weighted by atomic mass is 10.1. The van der Waals surface area contributed by atoms with Gasteiger partial charge < -0.3 is 14.8 Å². The molecular weight excluding hydrogens is 362 g/mol. The summed E-state index contributed by atoms with van der Waals surface area (Å²) < 4.78 is 11.2. The van der Waals surface area contributed by atoms with E-state index < -0.39 is 0 Å². The molecule has 0 radical (unpaired) electrons. The van der Waals surface area contributed by atoms with Crippen molar-refractivity contribution < 1.29 is 14.3 Å². The number of hydrogen-bond donors (Lipinski definition) is 1. The molecule has 0 heterocycles. The first-order valence-electron chi connectivity index (χ1n) is 8.97. The molecule has 0 bridgehead atoms. The summed E-state index contributed by atoms with van der Waals surface area (Å²) in [6, 6.07) is 21.1. The Hall–Kier alpha value is -2.72. The van der Waals surface area contributed by atoms with E-state index in [1.807, 2.05) is 54.6 Å². The summed E-state index contributed by atoms with van der Waals surface area (Å²) in [6.45, 7) is 1.22. The molecule has 0 atom stereocenters. The van der Waals surface area contributed by atoms with Gasteiger partial charge in [-0.1, -0.05) is 41.9 Å². The zero-order valence-electron chi connectivity index (χ0n) is 15.0. The predicted molar refractivity (Wildman–Crippen MR) is 109 cm³/mol. The third-order valence-electron chi connectivity index (χ3n) is 4.07. The fraction of sp³-hybridized carbons (Fsp3) is 0.227. The number of carbonyl (C=O) groups is 1. The van der Waals surface area contributed by atoms with E-state index in [1.165, 1.54) is 0 Å². The second-order valence-corrected chi connectivity index (χ2v) is 6.59. The summed E-state index contributed by atoms with van der Waals surface area (Å²) in [7, 11) is 0. The molecule has 5 heteroatoms. The zero-order chi connectivity index (χ0) is 18.9. The van der Waals surface area contributed by atoms with Gasteiger partial charge in [0.25, 0.3) is 5.91 Å².